The van der Waals surface area contributed by atoms with E-state index in [0.29, 0.717) is 32.2 Å². The number of hydrogen-bond acceptors (Lipinski definition) is 6. The molecule has 2 aliphatic rings. The van der Waals surface area contributed by atoms with E-state index in [2.05, 4.69) is 67.5 Å². The van der Waals surface area contributed by atoms with Gasteiger partial charge in [-0.15, -0.1) is 0 Å². The van der Waals surface area contributed by atoms with Crippen LogP contribution in [-0.4, -0.2) is 56.4 Å². The van der Waals surface area contributed by atoms with E-state index in [1.807, 2.05) is 17.0 Å². The molecular formula is C34H43N3O5. The summed E-state index contributed by atoms with van der Waals surface area (Å²) in [6.07, 6.45) is 2.50. The fraction of sp³-hybridized carbons (Fsp3) is 0.471. The first-order valence-electron chi connectivity index (χ1n) is 15.1. The molecule has 1 amide bonds. The van der Waals surface area contributed by atoms with Gasteiger partial charge in [-0.05, 0) is 91.8 Å². The molecule has 3 aromatic rings. The second-order valence-electron chi connectivity index (χ2n) is 11.3. The first-order chi connectivity index (χ1) is 20.3. The largest absolute Gasteiger partial charge is 0.489 e. The number of hydrogen-bond donors (Lipinski definition) is 0. The normalized spacial score (nSPS) is 16.2. The molecule has 0 bridgehead atoms. The standard InChI is InChI=1S/C34H43N3O5/c1-6-23(2)33-24(3)25(4)37(21-32(39)40-5)34(33)26-9-12-29(13-10-26)42-22-27-20-28(36-15-7-8-31(36)38)11-14-30(27)35-16-18-41-19-17-35/h9-14,20,23H,6-8,15-19,21-22H2,1-5H3. The Balaban J connectivity index is 1.42. The highest BCUT2D eigenvalue weighted by molar-refractivity contribution is 5.95. The minimum Gasteiger partial charge on any atom is -0.489 e. The third kappa shape index (κ3) is 6.04. The van der Waals surface area contributed by atoms with Crippen molar-refractivity contribution >= 4 is 23.3 Å². The molecule has 0 saturated carbocycles. The van der Waals surface area contributed by atoms with Crippen LogP contribution in [0.4, 0.5) is 11.4 Å². The van der Waals surface area contributed by atoms with Crippen molar-refractivity contribution < 1.29 is 23.8 Å². The first-order valence-corrected chi connectivity index (χ1v) is 15.1. The SMILES string of the molecule is CCC(C)c1c(C)c(C)n(CC(=O)OC)c1-c1ccc(OCc2cc(N3CCCC3=O)ccc2N2CCOCC2)cc1. The number of anilines is 2. The van der Waals surface area contributed by atoms with E-state index in [9.17, 15) is 9.59 Å². The Morgan fingerprint density at radius 1 is 1.05 bits per heavy atom. The topological polar surface area (TPSA) is 73.2 Å². The molecule has 2 aromatic carbocycles. The van der Waals surface area contributed by atoms with Crippen LogP contribution in [0, 0.1) is 13.8 Å². The van der Waals surface area contributed by atoms with Crippen LogP contribution < -0.4 is 14.5 Å². The number of morpholine rings is 1. The van der Waals surface area contributed by atoms with Crippen LogP contribution in [0.25, 0.3) is 11.3 Å². The van der Waals surface area contributed by atoms with E-state index in [1.54, 1.807) is 0 Å². The van der Waals surface area contributed by atoms with Gasteiger partial charge in [0.1, 0.15) is 18.9 Å². The highest BCUT2D eigenvalue weighted by Gasteiger charge is 2.25. The summed E-state index contributed by atoms with van der Waals surface area (Å²) < 4.78 is 19.0. The highest BCUT2D eigenvalue weighted by atomic mass is 16.5. The monoisotopic (exact) mass is 573 g/mol. The highest BCUT2D eigenvalue weighted by Crippen LogP contribution is 2.38. The zero-order valence-electron chi connectivity index (χ0n) is 25.6. The average molecular weight is 574 g/mol. The summed E-state index contributed by atoms with van der Waals surface area (Å²) in [6.45, 7) is 13.0. The van der Waals surface area contributed by atoms with Gasteiger partial charge in [-0.2, -0.15) is 0 Å². The molecule has 3 heterocycles. The summed E-state index contributed by atoms with van der Waals surface area (Å²) in [5, 5.41) is 0. The molecule has 0 N–H and O–H groups in total. The number of amides is 1. The molecule has 42 heavy (non-hydrogen) atoms. The van der Waals surface area contributed by atoms with Gasteiger partial charge >= 0.3 is 5.97 Å². The van der Waals surface area contributed by atoms with Gasteiger partial charge < -0.3 is 28.6 Å². The Kier molecular flexibility index (Phi) is 9.21. The van der Waals surface area contributed by atoms with Crippen molar-refractivity contribution in [2.75, 3.05) is 49.8 Å². The molecule has 2 saturated heterocycles. The maximum absolute atomic E-state index is 12.4. The third-order valence-corrected chi connectivity index (χ3v) is 8.82. The van der Waals surface area contributed by atoms with Gasteiger partial charge in [-0.1, -0.05) is 13.8 Å². The summed E-state index contributed by atoms with van der Waals surface area (Å²) >= 11 is 0. The summed E-state index contributed by atoms with van der Waals surface area (Å²) in [6, 6.07) is 14.4. The molecule has 1 aromatic heterocycles. The molecule has 2 aliphatic heterocycles. The minimum atomic E-state index is -0.265. The molecule has 1 atom stereocenters. The lowest BCUT2D eigenvalue weighted by atomic mass is 9.92. The van der Waals surface area contributed by atoms with E-state index in [1.165, 1.54) is 18.2 Å². The second kappa shape index (κ2) is 13.0. The van der Waals surface area contributed by atoms with Crippen molar-refractivity contribution in [2.24, 2.45) is 0 Å². The van der Waals surface area contributed by atoms with Gasteiger partial charge in [0.05, 0.1) is 26.0 Å². The number of carbonyl (C=O) groups excluding carboxylic acids is 2. The first kappa shape index (κ1) is 29.7. The van der Waals surface area contributed by atoms with Gasteiger partial charge in [-0.3, -0.25) is 9.59 Å². The van der Waals surface area contributed by atoms with Gasteiger partial charge in [0.25, 0.3) is 0 Å². The average Bonchev–Trinajstić information content (AvgIpc) is 3.56. The Hall–Kier alpha value is -3.78. The quantitative estimate of drug-likeness (QED) is 0.277. The van der Waals surface area contributed by atoms with Crippen LogP contribution in [-0.2, 0) is 32.2 Å². The van der Waals surface area contributed by atoms with Crippen molar-refractivity contribution in [2.45, 2.75) is 66.0 Å². The molecular weight excluding hydrogens is 530 g/mol. The lowest BCUT2D eigenvalue weighted by Crippen LogP contribution is -2.37. The van der Waals surface area contributed by atoms with E-state index >= 15 is 0 Å². The van der Waals surface area contributed by atoms with Crippen LogP contribution in [0.2, 0.25) is 0 Å². The fourth-order valence-electron chi connectivity index (χ4n) is 6.16. The number of aromatic nitrogens is 1. The molecule has 224 valence electrons. The number of ether oxygens (including phenoxy) is 3. The molecule has 0 spiro atoms. The van der Waals surface area contributed by atoms with Crippen LogP contribution >= 0.6 is 0 Å². The maximum atomic E-state index is 12.4. The number of methoxy groups -OCH3 is 1. The van der Waals surface area contributed by atoms with Crippen LogP contribution in [0.1, 0.15) is 61.4 Å². The Bertz CT molecular complexity index is 1420. The molecule has 5 rings (SSSR count). The van der Waals surface area contributed by atoms with Gasteiger partial charge in [0, 0.05) is 48.7 Å². The Morgan fingerprint density at radius 2 is 1.79 bits per heavy atom. The summed E-state index contributed by atoms with van der Waals surface area (Å²) in [4.78, 5) is 29.0. The Labute approximate surface area is 249 Å². The summed E-state index contributed by atoms with van der Waals surface area (Å²) in [5.41, 5.74) is 8.78. The number of carbonyl (C=O) groups is 2. The zero-order chi connectivity index (χ0) is 29.8. The fourth-order valence-corrected chi connectivity index (χ4v) is 6.16. The van der Waals surface area contributed by atoms with Crippen LogP contribution in [0.3, 0.4) is 0 Å². The van der Waals surface area contributed by atoms with Crippen molar-refractivity contribution in [1.29, 1.82) is 0 Å². The van der Waals surface area contributed by atoms with Gasteiger partial charge in [0.2, 0.25) is 5.91 Å². The number of nitrogens with zero attached hydrogens (tertiary/aromatic N) is 3. The van der Waals surface area contributed by atoms with Crippen LogP contribution in [0.5, 0.6) is 5.75 Å². The van der Waals surface area contributed by atoms with Crippen molar-refractivity contribution in [3.05, 3.63) is 64.8 Å². The molecule has 8 nitrogen and oxygen atoms in total. The lowest BCUT2D eigenvalue weighted by Gasteiger charge is -2.31. The van der Waals surface area contributed by atoms with E-state index < -0.39 is 0 Å². The molecule has 1 unspecified atom stereocenters. The number of benzene rings is 2. The molecule has 0 radical (unpaired) electrons. The zero-order valence-corrected chi connectivity index (χ0v) is 25.6. The molecule has 8 heteroatoms. The van der Waals surface area contributed by atoms with E-state index in [0.717, 1.165) is 72.1 Å². The van der Waals surface area contributed by atoms with Gasteiger partial charge in [0.15, 0.2) is 0 Å². The third-order valence-electron chi connectivity index (χ3n) is 8.82. The lowest BCUT2D eigenvalue weighted by molar-refractivity contribution is -0.141. The van der Waals surface area contributed by atoms with E-state index in [4.69, 9.17) is 14.2 Å². The minimum absolute atomic E-state index is 0.174. The predicted octanol–water partition coefficient (Wildman–Crippen LogP) is 6.00. The smallest absolute Gasteiger partial charge is 0.325 e. The molecule has 0 aliphatic carbocycles. The van der Waals surface area contributed by atoms with Crippen molar-refractivity contribution in [3.63, 3.8) is 0 Å². The van der Waals surface area contributed by atoms with E-state index in [-0.39, 0.29) is 18.4 Å². The van der Waals surface area contributed by atoms with Crippen molar-refractivity contribution in [3.8, 4) is 17.0 Å². The maximum Gasteiger partial charge on any atom is 0.325 e. The number of rotatable bonds is 10. The second-order valence-corrected chi connectivity index (χ2v) is 11.3. The number of esters is 1. The summed E-state index contributed by atoms with van der Waals surface area (Å²) in [5.74, 6) is 1.02. The van der Waals surface area contributed by atoms with Gasteiger partial charge in [-0.25, -0.2) is 0 Å². The van der Waals surface area contributed by atoms with Crippen LogP contribution in [0.15, 0.2) is 42.5 Å². The van der Waals surface area contributed by atoms with Crippen molar-refractivity contribution in [1.82, 2.24) is 4.57 Å². The molecule has 2 fully saturated rings. The summed E-state index contributed by atoms with van der Waals surface area (Å²) in [7, 11) is 1.43. The predicted molar refractivity (Wildman–Crippen MR) is 165 cm³/mol. The Morgan fingerprint density at radius 3 is 2.43 bits per heavy atom.